The number of hydrogen-bond donors (Lipinski definition) is 0. The fourth-order valence-electron chi connectivity index (χ4n) is 7.78. The molecular weight excluding hydrogens is 855 g/mol. The van der Waals surface area contributed by atoms with Gasteiger partial charge in [-0.25, -0.2) is 4.98 Å². The van der Waals surface area contributed by atoms with Crippen LogP contribution in [-0.2, 0) is 26.5 Å². The van der Waals surface area contributed by atoms with Crippen LogP contribution in [0, 0.1) is 24.0 Å². The molecule has 4 nitrogen and oxygen atoms in total. The van der Waals surface area contributed by atoms with Gasteiger partial charge in [0.15, 0.2) is 0 Å². The van der Waals surface area contributed by atoms with Gasteiger partial charge in [-0.05, 0) is 65.7 Å². The fourth-order valence-corrected chi connectivity index (χ4v) is 9.37. The monoisotopic (exact) mass is 906 g/mol. The Kier molecular flexibility index (Phi) is 12.8. The van der Waals surface area contributed by atoms with Crippen molar-refractivity contribution in [1.82, 2.24) is 15.0 Å². The third-order valence-electron chi connectivity index (χ3n) is 10.7. The number of furan rings is 1. The second-order valence-corrected chi connectivity index (χ2v) is 21.2. The van der Waals surface area contributed by atoms with Gasteiger partial charge in [-0.15, -0.1) is 53.6 Å². The molecule has 1 aliphatic carbocycles. The van der Waals surface area contributed by atoms with Crippen molar-refractivity contribution in [2.75, 3.05) is 0 Å². The Hall–Kier alpha value is -4.22. The van der Waals surface area contributed by atoms with Gasteiger partial charge in [0, 0.05) is 43.4 Å². The van der Waals surface area contributed by atoms with Gasteiger partial charge in [0.25, 0.3) is 0 Å². The third-order valence-corrected chi connectivity index (χ3v) is 12.8. The Morgan fingerprint density at radius 3 is 2.24 bits per heavy atom. The van der Waals surface area contributed by atoms with Crippen LogP contribution in [0.15, 0.2) is 114 Å². The summed E-state index contributed by atoms with van der Waals surface area (Å²) in [6, 6.07) is 39.9. The van der Waals surface area contributed by atoms with Crippen molar-refractivity contribution >= 4 is 35.3 Å². The van der Waals surface area contributed by atoms with E-state index in [0.29, 0.717) is 17.5 Å². The summed E-state index contributed by atoms with van der Waals surface area (Å²) in [6.45, 7) is 14.1. The summed E-state index contributed by atoms with van der Waals surface area (Å²) in [5.74, 6) is 2.00. The van der Waals surface area contributed by atoms with Crippen molar-refractivity contribution in [3.05, 3.63) is 133 Å². The Bertz CT molecular complexity index is 2290. The quantitative estimate of drug-likeness (QED) is 0.113. The summed E-state index contributed by atoms with van der Waals surface area (Å²) in [7, 11) is -1.34. The molecule has 3 aromatic carbocycles. The molecule has 1 fully saturated rings. The zero-order valence-corrected chi connectivity index (χ0v) is 35.8. The van der Waals surface area contributed by atoms with Gasteiger partial charge >= 0.3 is 0 Å². The van der Waals surface area contributed by atoms with E-state index in [1.54, 1.807) is 0 Å². The van der Waals surface area contributed by atoms with Crippen molar-refractivity contribution in [2.45, 2.75) is 84.9 Å². The van der Waals surface area contributed by atoms with E-state index >= 15 is 0 Å². The first-order valence-electron chi connectivity index (χ1n) is 19.4. The average molecular weight is 906 g/mol. The number of hydrogen-bond acceptors (Lipinski definition) is 4. The van der Waals surface area contributed by atoms with Crippen molar-refractivity contribution in [3.63, 3.8) is 0 Å². The van der Waals surface area contributed by atoms with Gasteiger partial charge in [-0.3, -0.25) is 0 Å². The van der Waals surface area contributed by atoms with E-state index in [2.05, 4.69) is 123 Å². The summed E-state index contributed by atoms with van der Waals surface area (Å²) in [5.41, 5.74) is 10.4. The Morgan fingerprint density at radius 1 is 0.759 bits per heavy atom. The maximum atomic E-state index is 6.19. The Labute approximate surface area is 336 Å². The Morgan fingerprint density at radius 2 is 1.52 bits per heavy atom. The van der Waals surface area contributed by atoms with Gasteiger partial charge in [0.1, 0.15) is 0 Å². The SMILES string of the molecule is CC(C)Cc1cc(-c2[c-]cccc2)ncc1[Si](C)(C)C.CC(c1ccnc(-c2[c-]cc3c(c2)oc2nc(-c4ccccc4)ccc23)c1)C1CCCCC1.[Ir]. The van der Waals surface area contributed by atoms with E-state index in [1.165, 1.54) is 48.4 Å². The molecule has 54 heavy (non-hydrogen) atoms. The minimum Gasteiger partial charge on any atom is -0.458 e. The van der Waals surface area contributed by atoms with E-state index in [-0.39, 0.29) is 20.1 Å². The topological polar surface area (TPSA) is 51.8 Å². The first-order chi connectivity index (χ1) is 25.6. The van der Waals surface area contributed by atoms with Crippen LogP contribution in [0.2, 0.25) is 19.6 Å². The molecule has 4 aromatic heterocycles. The van der Waals surface area contributed by atoms with Gasteiger partial charge in [-0.1, -0.05) is 131 Å². The zero-order valence-electron chi connectivity index (χ0n) is 32.5. The summed E-state index contributed by atoms with van der Waals surface area (Å²) < 4.78 is 6.19. The molecule has 0 bridgehead atoms. The predicted octanol–water partition coefficient (Wildman–Crippen LogP) is 12.5. The van der Waals surface area contributed by atoms with Gasteiger partial charge in [0.2, 0.25) is 5.71 Å². The molecule has 1 saturated carbocycles. The van der Waals surface area contributed by atoms with Crippen molar-refractivity contribution in [3.8, 4) is 33.8 Å². The summed E-state index contributed by atoms with van der Waals surface area (Å²) in [4.78, 5) is 14.1. The molecule has 7 aromatic rings. The van der Waals surface area contributed by atoms with E-state index in [4.69, 9.17) is 9.40 Å². The molecule has 1 atom stereocenters. The normalized spacial score (nSPS) is 14.1. The largest absolute Gasteiger partial charge is 0.458 e. The Balaban J connectivity index is 0.000000205. The minimum atomic E-state index is -1.34. The second kappa shape index (κ2) is 17.5. The summed E-state index contributed by atoms with van der Waals surface area (Å²) >= 11 is 0. The molecule has 0 spiro atoms. The zero-order chi connectivity index (χ0) is 37.0. The molecule has 1 radical (unpaired) electrons. The molecule has 1 unspecified atom stereocenters. The fraction of sp³-hybridized carbons (Fsp3) is 0.312. The number of pyridine rings is 3. The van der Waals surface area contributed by atoms with Gasteiger partial charge in [-0.2, -0.15) is 0 Å². The van der Waals surface area contributed by atoms with E-state index in [0.717, 1.165) is 62.5 Å². The smallest absolute Gasteiger partial charge is 0.216 e. The summed E-state index contributed by atoms with van der Waals surface area (Å²) in [5, 5.41) is 3.54. The maximum absolute atomic E-state index is 6.19. The third kappa shape index (κ3) is 9.17. The molecule has 4 heterocycles. The first kappa shape index (κ1) is 39.5. The number of nitrogens with zero attached hydrogens (tertiary/aromatic N) is 3. The van der Waals surface area contributed by atoms with Crippen molar-refractivity contribution in [2.24, 2.45) is 11.8 Å². The van der Waals surface area contributed by atoms with Gasteiger partial charge < -0.3 is 14.4 Å². The molecule has 0 amide bonds. The van der Waals surface area contributed by atoms with Crippen molar-refractivity contribution < 1.29 is 24.5 Å². The van der Waals surface area contributed by atoms with Crippen LogP contribution in [0.5, 0.6) is 0 Å². The summed E-state index contributed by atoms with van der Waals surface area (Å²) in [6.07, 6.45) is 12.0. The van der Waals surface area contributed by atoms with E-state index in [1.807, 2.05) is 48.7 Å². The molecule has 279 valence electrons. The molecule has 0 N–H and O–H groups in total. The predicted molar refractivity (Wildman–Crippen MR) is 224 cm³/mol. The standard InChI is InChI=1S/C30H27N2O.C18H24NSi.Ir/c1-20(21-8-4-2-5-9-21)23-16-17-31-28(18-23)24-12-13-25-26-14-15-27(22-10-6-3-7-11-22)32-30(26)33-29(25)19-24;1-14(2)11-16-12-17(15-9-7-6-8-10-15)19-13-18(16)20(3,4)5;/h3,6-7,10-11,13-21H,2,4-5,8-9H2,1H3;6-9,12-14H,11H2,1-5H3;/q2*-1;. The van der Waals surface area contributed by atoms with Crippen LogP contribution in [0.4, 0.5) is 0 Å². The molecule has 1 aliphatic rings. The number of fused-ring (bicyclic) bond motifs is 3. The van der Waals surface area contributed by atoms with Crippen LogP contribution in [-0.4, -0.2) is 23.0 Å². The maximum Gasteiger partial charge on any atom is 0.216 e. The second-order valence-electron chi connectivity index (χ2n) is 16.2. The number of aromatic nitrogens is 3. The number of rotatable bonds is 8. The number of benzene rings is 3. The first-order valence-corrected chi connectivity index (χ1v) is 22.9. The van der Waals surface area contributed by atoms with Crippen LogP contribution < -0.4 is 5.19 Å². The van der Waals surface area contributed by atoms with Crippen LogP contribution >= 0.6 is 0 Å². The van der Waals surface area contributed by atoms with Crippen LogP contribution in [0.1, 0.15) is 69.9 Å². The molecule has 0 aliphatic heterocycles. The molecule has 8 rings (SSSR count). The van der Waals surface area contributed by atoms with Crippen molar-refractivity contribution in [1.29, 1.82) is 0 Å². The molecule has 0 saturated heterocycles. The average Bonchev–Trinajstić information content (AvgIpc) is 3.55. The minimum absolute atomic E-state index is 0. The van der Waals surface area contributed by atoms with Gasteiger partial charge in [0.05, 0.1) is 19.4 Å². The molecular formula is C48H51IrN3OSi-2. The molecule has 6 heteroatoms. The van der Waals surface area contributed by atoms with Crippen LogP contribution in [0.3, 0.4) is 0 Å². The van der Waals surface area contributed by atoms with E-state index < -0.39 is 8.07 Å². The van der Waals surface area contributed by atoms with E-state index in [9.17, 15) is 0 Å². The van der Waals surface area contributed by atoms with Crippen LogP contribution in [0.25, 0.3) is 55.8 Å².